The number of anilines is 2. The number of nitrogens with one attached hydrogen (secondary N) is 1. The van der Waals surface area contributed by atoms with Crippen molar-refractivity contribution in [2.24, 2.45) is 11.3 Å². The Morgan fingerprint density at radius 3 is 2.73 bits per heavy atom. The van der Waals surface area contributed by atoms with Gasteiger partial charge in [0.25, 0.3) is 5.91 Å². The molecule has 2 saturated heterocycles. The summed E-state index contributed by atoms with van der Waals surface area (Å²) in [5, 5.41) is 3.08. The van der Waals surface area contributed by atoms with Crippen molar-refractivity contribution >= 4 is 51.7 Å². The van der Waals surface area contributed by atoms with Gasteiger partial charge in [-0.2, -0.15) is 0 Å². The summed E-state index contributed by atoms with van der Waals surface area (Å²) in [6, 6.07) is 13.3. The van der Waals surface area contributed by atoms with E-state index in [2.05, 4.69) is 16.5 Å². The molecule has 1 spiro atoms. The Balaban J connectivity index is 1.17. The Morgan fingerprint density at radius 1 is 1.16 bits per heavy atom. The summed E-state index contributed by atoms with van der Waals surface area (Å²) in [7, 11) is 1.80. The Labute approximate surface area is 259 Å². The predicted octanol–water partition coefficient (Wildman–Crippen LogP) is 5.74. The number of rotatable bonds is 7. The molecule has 3 amide bonds. The number of carbonyl (C=O) groups excluding carboxylic acids is 3. The first-order chi connectivity index (χ1) is 21.3. The van der Waals surface area contributed by atoms with Crippen LogP contribution in [0.15, 0.2) is 65.8 Å². The van der Waals surface area contributed by atoms with Gasteiger partial charge in [0.2, 0.25) is 17.8 Å². The van der Waals surface area contributed by atoms with Gasteiger partial charge in [0.15, 0.2) is 0 Å². The molecule has 3 aliphatic rings. The van der Waals surface area contributed by atoms with E-state index in [1.165, 1.54) is 17.4 Å². The third-order valence-corrected chi connectivity index (χ3v) is 10.5. The maximum absolute atomic E-state index is 13.5. The predicted molar refractivity (Wildman–Crippen MR) is 169 cm³/mol. The van der Waals surface area contributed by atoms with Crippen LogP contribution in [0, 0.1) is 11.3 Å². The van der Waals surface area contributed by atoms with Crippen molar-refractivity contribution in [2.75, 3.05) is 43.6 Å². The second-order valence-electron chi connectivity index (χ2n) is 12.1. The second-order valence-corrected chi connectivity index (χ2v) is 13.2. The molecule has 3 aromatic heterocycles. The molecule has 44 heavy (non-hydrogen) atoms. The van der Waals surface area contributed by atoms with Gasteiger partial charge in [-0.3, -0.25) is 19.7 Å². The average Bonchev–Trinajstić information content (AvgIpc) is 3.85. The first-order valence-electron chi connectivity index (χ1n) is 15.1. The third-order valence-electron chi connectivity index (χ3n) is 9.41. The van der Waals surface area contributed by atoms with Crippen LogP contribution < -0.4 is 10.2 Å². The van der Waals surface area contributed by atoms with Crippen LogP contribution >= 0.6 is 11.3 Å². The largest absolute Gasteiger partial charge is 0.464 e. The van der Waals surface area contributed by atoms with Gasteiger partial charge >= 0.3 is 0 Å². The van der Waals surface area contributed by atoms with Gasteiger partial charge in [0.05, 0.1) is 27.1 Å². The lowest BCUT2D eigenvalue weighted by Crippen LogP contribution is -2.42. The molecule has 0 unspecified atom stereocenters. The minimum Gasteiger partial charge on any atom is -0.464 e. The van der Waals surface area contributed by atoms with Crippen LogP contribution in [-0.4, -0.2) is 65.5 Å². The van der Waals surface area contributed by atoms with Crippen LogP contribution in [0.25, 0.3) is 21.7 Å². The fraction of sp³-hybridized carbons (Fsp3) is 0.394. The van der Waals surface area contributed by atoms with E-state index in [1.54, 1.807) is 24.3 Å². The minimum absolute atomic E-state index is 0.0248. The van der Waals surface area contributed by atoms with Crippen LogP contribution in [0.3, 0.4) is 0 Å². The molecule has 228 valence electrons. The topological polar surface area (TPSA) is 110 Å². The molecule has 0 atom stereocenters. The maximum atomic E-state index is 13.5. The number of hydrogen-bond acceptors (Lipinski definition) is 7. The molecule has 1 N–H and O–H groups in total. The molecule has 1 aliphatic carbocycles. The highest BCUT2D eigenvalue weighted by molar-refractivity contribution is 7.17. The van der Waals surface area contributed by atoms with E-state index < -0.39 is 0 Å². The lowest BCUT2D eigenvalue weighted by Gasteiger charge is -2.46. The van der Waals surface area contributed by atoms with Crippen LogP contribution in [-0.2, 0) is 14.3 Å². The Hall–Kier alpha value is -4.22. The van der Waals surface area contributed by atoms with Gasteiger partial charge in [0, 0.05) is 51.0 Å². The highest BCUT2D eigenvalue weighted by Gasteiger charge is 2.50. The van der Waals surface area contributed by atoms with E-state index in [4.69, 9.17) is 14.1 Å². The zero-order chi connectivity index (χ0) is 30.4. The van der Waals surface area contributed by atoms with Crippen molar-refractivity contribution in [3.8, 4) is 10.6 Å². The zero-order valence-electron chi connectivity index (χ0n) is 24.7. The van der Waals surface area contributed by atoms with E-state index in [9.17, 15) is 14.4 Å². The minimum atomic E-state index is -0.242. The summed E-state index contributed by atoms with van der Waals surface area (Å²) >= 11 is 1.36. The normalized spacial score (nSPS) is 21.8. The molecule has 7 rings (SSSR count). The highest BCUT2D eigenvalue weighted by atomic mass is 32.1. The van der Waals surface area contributed by atoms with Crippen molar-refractivity contribution in [1.29, 1.82) is 0 Å². The summed E-state index contributed by atoms with van der Waals surface area (Å²) in [6.45, 7) is 6.31. The molecule has 4 aromatic rings. The standard InChI is InChI=1S/C33H35N5O5S/c1-3-29(39)37-13-12-33(20-37)18-23(19-33)38-25-7-6-22(36(2)31(41)21-10-15-42-16-11-21)17-24(25)34-32(38)35-30(40)28-9-8-27(44-28)26-5-4-14-43-26/h3-9,14,17,21,23H,1,10-13,15-16,18-20H2,2H3,(H,34,35,40). The second kappa shape index (κ2) is 11.4. The number of likely N-dealkylation sites (tertiary alicyclic amines) is 1. The van der Waals surface area contributed by atoms with Gasteiger partial charge < -0.3 is 23.5 Å². The van der Waals surface area contributed by atoms with E-state index in [0.717, 1.165) is 61.3 Å². The van der Waals surface area contributed by atoms with E-state index in [0.29, 0.717) is 35.3 Å². The fourth-order valence-corrected chi connectivity index (χ4v) is 7.85. The number of furan rings is 1. The number of amides is 3. The van der Waals surface area contributed by atoms with Crippen molar-refractivity contribution in [3.63, 3.8) is 0 Å². The summed E-state index contributed by atoms with van der Waals surface area (Å²) in [6.07, 6.45) is 7.16. The molecule has 3 fully saturated rings. The highest BCUT2D eigenvalue weighted by Crippen LogP contribution is 2.55. The summed E-state index contributed by atoms with van der Waals surface area (Å²) < 4.78 is 13.1. The SMILES string of the molecule is C=CC(=O)N1CCC2(CC(n3c(NC(=O)c4ccc(-c5ccco5)s4)nc4cc(N(C)C(=O)C5CCOCC5)ccc43)C2)C1. The molecule has 1 aromatic carbocycles. The van der Waals surface area contributed by atoms with Crippen molar-refractivity contribution < 1.29 is 23.5 Å². The fourth-order valence-electron chi connectivity index (χ4n) is 6.98. The molecule has 2 aliphatic heterocycles. The van der Waals surface area contributed by atoms with Gasteiger partial charge in [-0.1, -0.05) is 6.58 Å². The van der Waals surface area contributed by atoms with Gasteiger partial charge in [0.1, 0.15) is 5.76 Å². The smallest absolute Gasteiger partial charge is 0.268 e. The molecular weight excluding hydrogens is 578 g/mol. The van der Waals surface area contributed by atoms with E-state index >= 15 is 0 Å². The number of carbonyl (C=O) groups is 3. The first-order valence-corrected chi connectivity index (χ1v) is 15.9. The van der Waals surface area contributed by atoms with Crippen LogP contribution in [0.4, 0.5) is 11.6 Å². The van der Waals surface area contributed by atoms with Crippen LogP contribution in [0.1, 0.15) is 47.8 Å². The molecule has 1 saturated carbocycles. The number of imidazole rings is 1. The molecule has 11 heteroatoms. The number of aromatic nitrogens is 2. The van der Waals surface area contributed by atoms with Gasteiger partial charge in [-0.15, -0.1) is 11.3 Å². The lowest BCUT2D eigenvalue weighted by molar-refractivity contribution is -0.126. The molecule has 0 bridgehead atoms. The number of ether oxygens (including phenoxy) is 1. The quantitative estimate of drug-likeness (QED) is 0.266. The molecule has 5 heterocycles. The number of hydrogen-bond donors (Lipinski definition) is 1. The molecular formula is C33H35N5O5S. The Bertz CT molecular complexity index is 1730. The first kappa shape index (κ1) is 28.5. The Morgan fingerprint density at radius 2 is 1.98 bits per heavy atom. The monoisotopic (exact) mass is 613 g/mol. The number of fused-ring (bicyclic) bond motifs is 1. The summed E-state index contributed by atoms with van der Waals surface area (Å²) in [4.78, 5) is 48.9. The number of nitrogens with zero attached hydrogens (tertiary/aromatic N) is 4. The summed E-state index contributed by atoms with van der Waals surface area (Å²) in [5.74, 6) is 0.946. The molecule has 10 nitrogen and oxygen atoms in total. The maximum Gasteiger partial charge on any atom is 0.268 e. The third kappa shape index (κ3) is 5.13. The van der Waals surface area contributed by atoms with Crippen LogP contribution in [0.2, 0.25) is 0 Å². The average molecular weight is 614 g/mol. The van der Waals surface area contributed by atoms with Gasteiger partial charge in [-0.05, 0) is 86.1 Å². The van der Waals surface area contributed by atoms with Crippen LogP contribution in [0.5, 0.6) is 0 Å². The van der Waals surface area contributed by atoms with Crippen molar-refractivity contribution in [3.05, 3.63) is 66.3 Å². The van der Waals surface area contributed by atoms with E-state index in [1.807, 2.05) is 41.3 Å². The molecule has 0 radical (unpaired) electrons. The van der Waals surface area contributed by atoms with Crippen molar-refractivity contribution in [1.82, 2.24) is 14.5 Å². The van der Waals surface area contributed by atoms with Crippen molar-refractivity contribution in [2.45, 2.75) is 38.1 Å². The van der Waals surface area contributed by atoms with Gasteiger partial charge in [-0.25, -0.2) is 4.98 Å². The lowest BCUT2D eigenvalue weighted by atomic mass is 9.65. The Kier molecular flexibility index (Phi) is 7.37. The van der Waals surface area contributed by atoms with E-state index in [-0.39, 0.29) is 35.1 Å². The number of thiophene rings is 1. The number of benzene rings is 1. The zero-order valence-corrected chi connectivity index (χ0v) is 25.5. The summed E-state index contributed by atoms with van der Waals surface area (Å²) in [5.41, 5.74) is 2.43.